The second kappa shape index (κ2) is 13.8. The lowest BCUT2D eigenvalue weighted by atomic mass is 9.89. The van der Waals surface area contributed by atoms with Gasteiger partial charge in [-0.05, 0) is 38.9 Å². The number of carbonyl (C=O) groups is 5. The standard InChI is InChI=1S/C21H27F3N4O4.C4H4O4/c1-20(2)17(29)25-19(31)28(18(20)30)9-5-8-26-10-12-27(13-11-26)15-6-3-4-7-16(15)32-14-21(22,23)24;5-3(6)1-2-4(7)8/h3-4,6-7H,5,8-14H2,1-2H3,(H,25,29,31);1-2H,(H,5,6)(H,7,8)/b;2-1+. The van der Waals surface area contributed by atoms with Gasteiger partial charge in [-0.15, -0.1) is 0 Å². The fourth-order valence-corrected chi connectivity index (χ4v) is 3.86. The summed E-state index contributed by atoms with van der Waals surface area (Å²) >= 11 is 0. The van der Waals surface area contributed by atoms with Gasteiger partial charge in [0.25, 0.3) is 0 Å². The molecule has 1 aromatic rings. The number of carboxylic acid groups (broad SMARTS) is 2. The highest BCUT2D eigenvalue weighted by Gasteiger charge is 2.46. The number of carbonyl (C=O) groups excluding carboxylic acids is 3. The molecule has 12 nitrogen and oxygen atoms in total. The average Bonchev–Trinajstić information content (AvgIpc) is 2.88. The summed E-state index contributed by atoms with van der Waals surface area (Å²) in [5.74, 6) is -3.42. The Morgan fingerprint density at radius 3 is 2.12 bits per heavy atom. The van der Waals surface area contributed by atoms with Crippen molar-refractivity contribution in [1.82, 2.24) is 15.1 Å². The van der Waals surface area contributed by atoms with E-state index in [-0.39, 0.29) is 12.3 Å². The van der Waals surface area contributed by atoms with Gasteiger partial charge in [0.1, 0.15) is 11.2 Å². The molecule has 15 heteroatoms. The predicted octanol–water partition coefficient (Wildman–Crippen LogP) is 1.96. The van der Waals surface area contributed by atoms with Crippen molar-refractivity contribution in [3.63, 3.8) is 0 Å². The quantitative estimate of drug-likeness (QED) is 0.295. The van der Waals surface area contributed by atoms with Crippen LogP contribution in [0, 0.1) is 5.41 Å². The number of halogens is 3. The molecule has 2 fully saturated rings. The van der Waals surface area contributed by atoms with Gasteiger partial charge in [0, 0.05) is 44.9 Å². The maximum absolute atomic E-state index is 12.5. The van der Waals surface area contributed by atoms with Crippen LogP contribution in [0.1, 0.15) is 20.3 Å². The molecule has 0 spiro atoms. The Kier molecular flexibility index (Phi) is 11.0. The van der Waals surface area contributed by atoms with Crippen molar-refractivity contribution in [1.29, 1.82) is 0 Å². The first-order valence-corrected chi connectivity index (χ1v) is 12.2. The van der Waals surface area contributed by atoms with E-state index in [0.717, 1.165) is 4.90 Å². The van der Waals surface area contributed by atoms with Crippen LogP contribution in [0.2, 0.25) is 0 Å². The molecule has 3 rings (SSSR count). The Morgan fingerprint density at radius 2 is 1.57 bits per heavy atom. The van der Waals surface area contributed by atoms with Gasteiger partial charge in [-0.2, -0.15) is 13.2 Å². The molecule has 0 atom stereocenters. The van der Waals surface area contributed by atoms with Crippen LogP contribution in [0.3, 0.4) is 0 Å². The third kappa shape index (κ3) is 9.55. The molecular weight excluding hydrogens is 541 g/mol. The number of hydrogen-bond donors (Lipinski definition) is 3. The van der Waals surface area contributed by atoms with E-state index in [4.69, 9.17) is 14.9 Å². The average molecular weight is 573 g/mol. The van der Waals surface area contributed by atoms with E-state index < -0.39 is 48.0 Å². The van der Waals surface area contributed by atoms with Gasteiger partial charge >= 0.3 is 24.1 Å². The van der Waals surface area contributed by atoms with Gasteiger partial charge in [0.05, 0.1) is 5.69 Å². The second-order valence-corrected chi connectivity index (χ2v) is 9.40. The van der Waals surface area contributed by atoms with E-state index >= 15 is 0 Å². The molecule has 220 valence electrons. The molecule has 2 heterocycles. The number of amides is 4. The SMILES string of the molecule is CC1(C)C(=O)NC(=O)N(CCCN2CCN(c3ccccc3OCC(F)(F)F)CC2)C1=O.O=C(O)/C=C/C(=O)O. The molecule has 4 amide bonds. The van der Waals surface area contributed by atoms with Crippen molar-refractivity contribution in [2.45, 2.75) is 26.4 Å². The van der Waals surface area contributed by atoms with Crippen LogP contribution in [0.25, 0.3) is 0 Å². The molecule has 0 aromatic heterocycles. The zero-order valence-corrected chi connectivity index (χ0v) is 21.9. The van der Waals surface area contributed by atoms with Crippen LogP contribution in [0.15, 0.2) is 36.4 Å². The number of aliphatic carboxylic acids is 2. The Morgan fingerprint density at radius 1 is 1.00 bits per heavy atom. The maximum Gasteiger partial charge on any atom is 0.422 e. The van der Waals surface area contributed by atoms with Gasteiger partial charge in [-0.25, -0.2) is 14.4 Å². The summed E-state index contributed by atoms with van der Waals surface area (Å²) in [5, 5.41) is 17.8. The molecule has 2 aliphatic rings. The third-order valence-corrected chi connectivity index (χ3v) is 6.01. The lowest BCUT2D eigenvalue weighted by Crippen LogP contribution is -2.62. The predicted molar refractivity (Wildman–Crippen MR) is 135 cm³/mol. The Hall–Kier alpha value is -4.14. The minimum atomic E-state index is -4.40. The number of anilines is 1. The summed E-state index contributed by atoms with van der Waals surface area (Å²) in [6.45, 7) is 5.05. The molecule has 0 unspecified atom stereocenters. The van der Waals surface area contributed by atoms with E-state index in [1.165, 1.54) is 19.9 Å². The van der Waals surface area contributed by atoms with Crippen LogP contribution >= 0.6 is 0 Å². The highest BCUT2D eigenvalue weighted by atomic mass is 19.4. The summed E-state index contributed by atoms with van der Waals surface area (Å²) in [6, 6.07) is 5.97. The molecule has 0 saturated carbocycles. The van der Waals surface area contributed by atoms with Gasteiger partial charge in [-0.1, -0.05) is 12.1 Å². The first-order chi connectivity index (χ1) is 18.6. The Labute approximate surface area is 228 Å². The number of para-hydroxylation sites is 2. The normalized spacial score (nSPS) is 17.8. The molecule has 2 aliphatic heterocycles. The lowest BCUT2D eigenvalue weighted by molar-refractivity contribution is -0.153. The van der Waals surface area contributed by atoms with Crippen molar-refractivity contribution in [3.05, 3.63) is 36.4 Å². The van der Waals surface area contributed by atoms with Crippen molar-refractivity contribution in [3.8, 4) is 5.75 Å². The third-order valence-electron chi connectivity index (χ3n) is 6.01. The fraction of sp³-hybridized carbons (Fsp3) is 0.480. The van der Waals surface area contributed by atoms with Crippen LogP contribution in [0.5, 0.6) is 5.75 Å². The second-order valence-electron chi connectivity index (χ2n) is 9.40. The largest absolute Gasteiger partial charge is 0.482 e. The number of rotatable bonds is 9. The van der Waals surface area contributed by atoms with E-state index in [1.54, 1.807) is 18.2 Å². The van der Waals surface area contributed by atoms with Crippen LogP contribution in [0.4, 0.5) is 23.7 Å². The minimum Gasteiger partial charge on any atom is -0.482 e. The number of nitrogens with zero attached hydrogens (tertiary/aromatic N) is 3. The first-order valence-electron chi connectivity index (χ1n) is 12.2. The Bertz CT molecular complexity index is 1120. The number of ether oxygens (including phenoxy) is 1. The van der Waals surface area contributed by atoms with E-state index in [9.17, 15) is 37.1 Å². The van der Waals surface area contributed by atoms with Crippen molar-refractivity contribution >= 4 is 35.5 Å². The van der Waals surface area contributed by atoms with Crippen LogP contribution in [-0.2, 0) is 19.2 Å². The van der Waals surface area contributed by atoms with Gasteiger partial charge < -0.3 is 19.8 Å². The van der Waals surface area contributed by atoms with Crippen molar-refractivity contribution in [2.75, 3.05) is 50.8 Å². The van der Waals surface area contributed by atoms with Crippen molar-refractivity contribution in [2.24, 2.45) is 5.41 Å². The maximum atomic E-state index is 12.5. The highest BCUT2D eigenvalue weighted by molar-refractivity contribution is 6.18. The molecule has 0 aliphatic carbocycles. The fourth-order valence-electron chi connectivity index (χ4n) is 3.86. The molecule has 1 aromatic carbocycles. The molecule has 3 N–H and O–H groups in total. The zero-order valence-electron chi connectivity index (χ0n) is 21.9. The number of carboxylic acids is 2. The smallest absolute Gasteiger partial charge is 0.422 e. The summed E-state index contributed by atoms with van der Waals surface area (Å²) in [4.78, 5) is 60.6. The van der Waals surface area contributed by atoms with E-state index in [0.29, 0.717) is 57.0 Å². The topological polar surface area (TPSA) is 157 Å². The molecular formula is C25H31F3N4O8. The number of urea groups is 1. The highest BCUT2D eigenvalue weighted by Crippen LogP contribution is 2.30. The van der Waals surface area contributed by atoms with Crippen LogP contribution < -0.4 is 15.0 Å². The number of benzene rings is 1. The van der Waals surface area contributed by atoms with Crippen LogP contribution in [-0.4, -0.2) is 102 Å². The summed E-state index contributed by atoms with van der Waals surface area (Å²) in [6.07, 6.45) is -2.74. The number of piperazine rings is 1. The van der Waals surface area contributed by atoms with Gasteiger partial charge in [-0.3, -0.25) is 24.7 Å². The number of nitrogens with one attached hydrogen (secondary N) is 1. The first kappa shape index (κ1) is 32.1. The number of barbiturate groups is 1. The molecule has 2 saturated heterocycles. The van der Waals surface area contributed by atoms with Crippen molar-refractivity contribution < 1.29 is 52.1 Å². The number of alkyl halides is 3. The molecule has 40 heavy (non-hydrogen) atoms. The monoisotopic (exact) mass is 572 g/mol. The Balaban J connectivity index is 0.000000611. The number of imide groups is 2. The number of hydrogen-bond acceptors (Lipinski definition) is 8. The summed E-state index contributed by atoms with van der Waals surface area (Å²) < 4.78 is 42.5. The lowest BCUT2D eigenvalue weighted by Gasteiger charge is -2.37. The van der Waals surface area contributed by atoms with Gasteiger partial charge in [0.15, 0.2) is 6.61 Å². The molecule has 0 radical (unpaired) electrons. The summed E-state index contributed by atoms with van der Waals surface area (Å²) in [5.41, 5.74) is -0.653. The van der Waals surface area contributed by atoms with E-state index in [2.05, 4.69) is 10.2 Å². The zero-order chi connectivity index (χ0) is 30.1. The minimum absolute atomic E-state index is 0.199. The van der Waals surface area contributed by atoms with E-state index in [1.807, 2.05) is 4.90 Å². The summed E-state index contributed by atoms with van der Waals surface area (Å²) in [7, 11) is 0. The molecule has 0 bridgehead atoms. The van der Waals surface area contributed by atoms with Gasteiger partial charge in [0.2, 0.25) is 11.8 Å².